The van der Waals surface area contributed by atoms with Gasteiger partial charge in [-0.3, -0.25) is 14.5 Å². The van der Waals surface area contributed by atoms with Gasteiger partial charge in [0.05, 0.1) is 25.2 Å². The van der Waals surface area contributed by atoms with Crippen molar-refractivity contribution in [1.29, 1.82) is 0 Å². The minimum atomic E-state index is -0.441. The second kappa shape index (κ2) is 10.2. The Labute approximate surface area is 203 Å². The van der Waals surface area contributed by atoms with Gasteiger partial charge in [0.2, 0.25) is 0 Å². The van der Waals surface area contributed by atoms with Crippen molar-refractivity contribution in [2.75, 3.05) is 26.3 Å². The summed E-state index contributed by atoms with van der Waals surface area (Å²) >= 11 is 0. The van der Waals surface area contributed by atoms with E-state index >= 15 is 0 Å². The Balaban J connectivity index is 1.52. The maximum Gasteiger partial charge on any atom is 0.309 e. The molecule has 4 heterocycles. The number of rotatable bonds is 7. The van der Waals surface area contributed by atoms with E-state index in [4.69, 9.17) is 9.47 Å². The van der Waals surface area contributed by atoms with Gasteiger partial charge in [-0.15, -0.1) is 5.10 Å². The Hall–Kier alpha value is -3.11. The van der Waals surface area contributed by atoms with Crippen molar-refractivity contribution in [2.45, 2.75) is 58.2 Å². The zero-order chi connectivity index (χ0) is 24.4. The van der Waals surface area contributed by atoms with E-state index in [2.05, 4.69) is 31.5 Å². The summed E-state index contributed by atoms with van der Waals surface area (Å²) in [5.41, 5.74) is 2.35. The summed E-state index contributed by atoms with van der Waals surface area (Å²) < 4.78 is 12.8. The molecule has 10 heteroatoms. The molecule has 0 unspecified atom stereocenters. The number of fused-ring (bicyclic) bond motifs is 1. The number of hydrogen-bond donors (Lipinski definition) is 1. The van der Waals surface area contributed by atoms with Gasteiger partial charge in [-0.05, 0) is 73.5 Å². The first kappa shape index (κ1) is 23.6. The average molecular weight is 481 g/mol. The first-order valence-corrected chi connectivity index (χ1v) is 12.5. The van der Waals surface area contributed by atoms with E-state index in [9.17, 15) is 9.59 Å². The number of carbonyl (C=O) groups excluding carboxylic acids is 1. The predicted molar refractivity (Wildman–Crippen MR) is 129 cm³/mol. The standard InChI is InChI=1S/C25H32N6O4/c1-3-34-25(33)17-8-10-30(11-9-17)22(23-27-28-29-31(23)15-19-5-4-12-35-19)20-14-18-13-16(2)6-7-21(18)26-24(20)32/h6-7,13-14,17,19,22H,3-5,8-12,15H2,1-2H3,(H,26,32)/t19-,22+/m0/s1. The number of aromatic nitrogens is 5. The molecule has 2 atom stereocenters. The maximum atomic E-state index is 13.4. The van der Waals surface area contributed by atoms with Crippen LogP contribution in [0, 0.1) is 12.8 Å². The third-order valence-electron chi connectivity index (χ3n) is 7.04. The van der Waals surface area contributed by atoms with Crippen molar-refractivity contribution in [3.63, 3.8) is 0 Å². The fraction of sp³-hybridized carbons (Fsp3) is 0.560. The number of ether oxygens (including phenoxy) is 2. The lowest BCUT2D eigenvalue weighted by Gasteiger charge is -2.36. The number of piperidine rings is 1. The van der Waals surface area contributed by atoms with E-state index < -0.39 is 6.04 Å². The molecule has 0 aliphatic carbocycles. The van der Waals surface area contributed by atoms with Gasteiger partial charge in [-0.1, -0.05) is 11.6 Å². The van der Waals surface area contributed by atoms with Crippen molar-refractivity contribution in [2.24, 2.45) is 5.92 Å². The third kappa shape index (κ3) is 4.99. The Bertz CT molecular complexity index is 1240. The predicted octanol–water partition coefficient (Wildman–Crippen LogP) is 2.37. The zero-order valence-electron chi connectivity index (χ0n) is 20.3. The summed E-state index contributed by atoms with van der Waals surface area (Å²) in [6, 6.07) is 7.49. The molecule has 2 aliphatic rings. The summed E-state index contributed by atoms with van der Waals surface area (Å²) in [4.78, 5) is 30.9. The molecular weight excluding hydrogens is 448 g/mol. The quantitative estimate of drug-likeness (QED) is 0.513. The lowest BCUT2D eigenvalue weighted by molar-refractivity contribution is -0.149. The summed E-state index contributed by atoms with van der Waals surface area (Å²) in [5.74, 6) is 0.339. The van der Waals surface area contributed by atoms with Crippen LogP contribution in [0.2, 0.25) is 0 Å². The Morgan fingerprint density at radius 2 is 2.09 bits per heavy atom. The number of nitrogens with zero attached hydrogens (tertiary/aromatic N) is 5. The van der Waals surface area contributed by atoms with Gasteiger partial charge in [0.25, 0.3) is 5.56 Å². The SMILES string of the molecule is CCOC(=O)C1CCN([C@H](c2cc3cc(C)ccc3[nH]c2=O)c2nnnn2C[C@@H]2CCCO2)CC1. The third-order valence-corrected chi connectivity index (χ3v) is 7.04. The highest BCUT2D eigenvalue weighted by Crippen LogP contribution is 2.32. The first-order valence-electron chi connectivity index (χ1n) is 12.5. The number of carbonyl (C=O) groups is 1. The van der Waals surface area contributed by atoms with Crippen LogP contribution in [0.4, 0.5) is 0 Å². The molecule has 10 nitrogen and oxygen atoms in total. The number of H-pyrrole nitrogens is 1. The van der Waals surface area contributed by atoms with Crippen molar-refractivity contribution in [1.82, 2.24) is 30.1 Å². The highest BCUT2D eigenvalue weighted by atomic mass is 16.5. The molecule has 1 aromatic carbocycles. The molecule has 5 rings (SSSR count). The summed E-state index contributed by atoms with van der Waals surface area (Å²) in [5, 5.41) is 13.6. The van der Waals surface area contributed by atoms with Crippen LogP contribution >= 0.6 is 0 Å². The number of aryl methyl sites for hydroxylation is 1. The number of tetrazole rings is 1. The molecule has 0 saturated carbocycles. The van der Waals surface area contributed by atoms with Gasteiger partial charge in [0.1, 0.15) is 6.04 Å². The van der Waals surface area contributed by atoms with Crippen molar-refractivity contribution in [3.05, 3.63) is 51.6 Å². The molecule has 0 amide bonds. The number of benzene rings is 1. The first-order chi connectivity index (χ1) is 17.0. The molecule has 0 bridgehead atoms. The highest BCUT2D eigenvalue weighted by Gasteiger charge is 2.35. The van der Waals surface area contributed by atoms with Crippen LogP contribution < -0.4 is 5.56 Å². The Morgan fingerprint density at radius 1 is 1.26 bits per heavy atom. The van der Waals surface area contributed by atoms with Crippen LogP contribution in [0.25, 0.3) is 10.9 Å². The second-order valence-corrected chi connectivity index (χ2v) is 9.46. The number of esters is 1. The number of hydrogen-bond acceptors (Lipinski definition) is 8. The van der Waals surface area contributed by atoms with Gasteiger partial charge in [0.15, 0.2) is 5.82 Å². The molecule has 35 heavy (non-hydrogen) atoms. The van der Waals surface area contributed by atoms with Crippen LogP contribution in [0.3, 0.4) is 0 Å². The van der Waals surface area contributed by atoms with Crippen molar-refractivity contribution < 1.29 is 14.3 Å². The molecule has 2 saturated heterocycles. The van der Waals surface area contributed by atoms with E-state index in [-0.39, 0.29) is 23.6 Å². The summed E-state index contributed by atoms with van der Waals surface area (Å²) in [6.45, 7) is 6.79. The van der Waals surface area contributed by atoms with E-state index in [1.165, 1.54) is 0 Å². The summed E-state index contributed by atoms with van der Waals surface area (Å²) in [7, 11) is 0. The normalized spacial score (nSPS) is 20.3. The zero-order valence-corrected chi connectivity index (χ0v) is 20.3. The van der Waals surface area contributed by atoms with Crippen molar-refractivity contribution >= 4 is 16.9 Å². The van der Waals surface area contributed by atoms with E-state index in [1.54, 1.807) is 4.68 Å². The van der Waals surface area contributed by atoms with E-state index in [0.717, 1.165) is 35.9 Å². The smallest absolute Gasteiger partial charge is 0.309 e. The largest absolute Gasteiger partial charge is 0.466 e. The van der Waals surface area contributed by atoms with Crippen LogP contribution in [-0.2, 0) is 20.8 Å². The molecular formula is C25H32N6O4. The molecule has 2 fully saturated rings. The average Bonchev–Trinajstić information content (AvgIpc) is 3.53. The number of aromatic amines is 1. The van der Waals surface area contributed by atoms with Gasteiger partial charge in [-0.25, -0.2) is 4.68 Å². The fourth-order valence-electron chi connectivity index (χ4n) is 5.22. The number of pyridine rings is 1. The van der Waals surface area contributed by atoms with Crippen LogP contribution in [-0.4, -0.2) is 68.5 Å². The highest BCUT2D eigenvalue weighted by molar-refractivity contribution is 5.79. The lowest BCUT2D eigenvalue weighted by Crippen LogP contribution is -2.42. The monoisotopic (exact) mass is 480 g/mol. The molecule has 2 aromatic heterocycles. The van der Waals surface area contributed by atoms with Crippen LogP contribution in [0.15, 0.2) is 29.1 Å². The Morgan fingerprint density at radius 3 is 2.83 bits per heavy atom. The molecule has 186 valence electrons. The number of nitrogens with one attached hydrogen (secondary N) is 1. The van der Waals surface area contributed by atoms with E-state index in [1.807, 2.05) is 32.0 Å². The van der Waals surface area contributed by atoms with Crippen LogP contribution in [0.5, 0.6) is 0 Å². The second-order valence-electron chi connectivity index (χ2n) is 9.46. The molecule has 1 N–H and O–H groups in total. The van der Waals surface area contributed by atoms with Gasteiger partial charge >= 0.3 is 5.97 Å². The molecule has 0 spiro atoms. The van der Waals surface area contributed by atoms with Crippen LogP contribution in [0.1, 0.15) is 55.6 Å². The van der Waals surface area contributed by atoms with Gasteiger partial charge in [-0.2, -0.15) is 0 Å². The van der Waals surface area contributed by atoms with Gasteiger partial charge in [0, 0.05) is 30.8 Å². The minimum absolute atomic E-state index is 0.0602. The molecule has 3 aromatic rings. The molecule has 0 radical (unpaired) electrons. The molecule has 2 aliphatic heterocycles. The van der Waals surface area contributed by atoms with E-state index in [0.29, 0.717) is 50.5 Å². The fourth-order valence-corrected chi connectivity index (χ4v) is 5.22. The topological polar surface area (TPSA) is 115 Å². The van der Waals surface area contributed by atoms with Gasteiger partial charge < -0.3 is 14.5 Å². The maximum absolute atomic E-state index is 13.4. The minimum Gasteiger partial charge on any atom is -0.466 e. The Kier molecular flexibility index (Phi) is 6.92. The lowest BCUT2D eigenvalue weighted by atomic mass is 9.93. The summed E-state index contributed by atoms with van der Waals surface area (Å²) in [6.07, 6.45) is 3.37. The van der Waals surface area contributed by atoms with Crippen molar-refractivity contribution in [3.8, 4) is 0 Å². The number of likely N-dealkylation sites (tertiary alicyclic amines) is 1.